The number of carbonyl (C=O) groups is 1. The van der Waals surface area contributed by atoms with Crippen molar-refractivity contribution in [1.29, 1.82) is 0 Å². The zero-order chi connectivity index (χ0) is 23.1. The van der Waals surface area contributed by atoms with E-state index >= 15 is 0 Å². The zero-order valence-corrected chi connectivity index (χ0v) is 18.4. The third kappa shape index (κ3) is 5.31. The SMILES string of the molecule is COc1ccc(NCc2ccc(C(N)=O)c(-c3cc(CCCO)ccc3N)c2)cc1OC. The van der Waals surface area contributed by atoms with Gasteiger partial charge < -0.3 is 31.4 Å². The summed E-state index contributed by atoms with van der Waals surface area (Å²) in [5, 5.41) is 12.5. The maximum Gasteiger partial charge on any atom is 0.249 e. The predicted octanol–water partition coefficient (Wildman–Crippen LogP) is 3.59. The van der Waals surface area contributed by atoms with Crippen LogP contribution in [0, 0.1) is 0 Å². The normalized spacial score (nSPS) is 10.6. The van der Waals surface area contributed by atoms with Crippen molar-refractivity contribution < 1.29 is 19.4 Å². The van der Waals surface area contributed by atoms with Gasteiger partial charge in [-0.3, -0.25) is 4.79 Å². The number of anilines is 2. The van der Waals surface area contributed by atoms with Gasteiger partial charge in [0.2, 0.25) is 5.91 Å². The molecule has 0 aromatic heterocycles. The topological polar surface area (TPSA) is 120 Å². The van der Waals surface area contributed by atoms with Crippen molar-refractivity contribution in [3.05, 3.63) is 71.3 Å². The molecule has 6 N–H and O–H groups in total. The number of nitrogen functional groups attached to an aromatic ring is 1. The molecule has 32 heavy (non-hydrogen) atoms. The number of benzene rings is 3. The second-order valence-corrected chi connectivity index (χ2v) is 7.42. The number of aryl methyl sites for hydroxylation is 1. The van der Waals surface area contributed by atoms with E-state index in [-0.39, 0.29) is 6.61 Å². The summed E-state index contributed by atoms with van der Waals surface area (Å²) >= 11 is 0. The van der Waals surface area contributed by atoms with E-state index in [4.69, 9.17) is 26.0 Å². The van der Waals surface area contributed by atoms with Crippen molar-refractivity contribution in [1.82, 2.24) is 0 Å². The van der Waals surface area contributed by atoms with E-state index < -0.39 is 5.91 Å². The highest BCUT2D eigenvalue weighted by atomic mass is 16.5. The maximum atomic E-state index is 12.1. The first-order valence-corrected chi connectivity index (χ1v) is 10.3. The lowest BCUT2D eigenvalue weighted by Gasteiger charge is -2.15. The van der Waals surface area contributed by atoms with Crippen LogP contribution >= 0.6 is 0 Å². The molecule has 1 amide bonds. The fraction of sp³-hybridized carbons (Fsp3) is 0.240. The summed E-state index contributed by atoms with van der Waals surface area (Å²) in [5.74, 6) is 0.775. The van der Waals surface area contributed by atoms with Crippen LogP contribution in [0.15, 0.2) is 54.6 Å². The van der Waals surface area contributed by atoms with Crippen molar-refractivity contribution in [2.45, 2.75) is 19.4 Å². The molecule has 168 valence electrons. The first-order valence-electron chi connectivity index (χ1n) is 10.3. The summed E-state index contributed by atoms with van der Waals surface area (Å²) < 4.78 is 10.6. The molecule has 3 rings (SSSR count). The highest BCUT2D eigenvalue weighted by molar-refractivity contribution is 6.01. The van der Waals surface area contributed by atoms with E-state index in [1.807, 2.05) is 48.5 Å². The van der Waals surface area contributed by atoms with Crippen LogP contribution in [0.4, 0.5) is 11.4 Å². The Morgan fingerprint density at radius 2 is 1.66 bits per heavy atom. The molecule has 0 fully saturated rings. The minimum absolute atomic E-state index is 0.115. The molecule has 0 aliphatic carbocycles. The standard InChI is InChI=1S/C25H29N3O4/c1-31-23-10-7-18(14-24(23)32-2)28-15-17-5-8-19(25(27)30)20(13-17)21-12-16(4-3-11-29)6-9-22(21)26/h5-10,12-14,28-29H,3-4,11,15,26H2,1-2H3,(H2,27,30). The maximum absolute atomic E-state index is 12.1. The molecule has 0 unspecified atom stereocenters. The van der Waals surface area contributed by atoms with Gasteiger partial charge in [0.05, 0.1) is 14.2 Å². The Bertz CT molecular complexity index is 1100. The Morgan fingerprint density at radius 1 is 0.938 bits per heavy atom. The highest BCUT2D eigenvalue weighted by Crippen LogP contribution is 2.32. The van der Waals surface area contributed by atoms with E-state index in [0.717, 1.165) is 28.8 Å². The number of amides is 1. The van der Waals surface area contributed by atoms with Gasteiger partial charge in [-0.05, 0) is 65.9 Å². The first-order chi connectivity index (χ1) is 15.5. The summed E-state index contributed by atoms with van der Waals surface area (Å²) in [6.45, 7) is 0.634. The number of hydrogen-bond acceptors (Lipinski definition) is 6. The van der Waals surface area contributed by atoms with Crippen molar-refractivity contribution in [2.24, 2.45) is 5.73 Å². The van der Waals surface area contributed by atoms with E-state index in [1.54, 1.807) is 20.3 Å². The summed E-state index contributed by atoms with van der Waals surface area (Å²) in [7, 11) is 3.19. The van der Waals surface area contributed by atoms with Crippen LogP contribution in [0.3, 0.4) is 0 Å². The Hall–Kier alpha value is -3.71. The molecule has 7 heteroatoms. The summed E-state index contributed by atoms with van der Waals surface area (Å²) in [4.78, 5) is 12.1. The Morgan fingerprint density at radius 3 is 2.34 bits per heavy atom. The lowest BCUT2D eigenvalue weighted by molar-refractivity contribution is 0.100. The number of methoxy groups -OCH3 is 2. The van der Waals surface area contributed by atoms with Crippen molar-refractivity contribution in [3.63, 3.8) is 0 Å². The molecule has 3 aromatic carbocycles. The van der Waals surface area contributed by atoms with Crippen molar-refractivity contribution >= 4 is 17.3 Å². The van der Waals surface area contributed by atoms with E-state index in [2.05, 4.69) is 5.32 Å². The second-order valence-electron chi connectivity index (χ2n) is 7.42. The monoisotopic (exact) mass is 435 g/mol. The van der Waals surface area contributed by atoms with E-state index in [9.17, 15) is 4.79 Å². The molecule has 0 radical (unpaired) electrons. The third-order valence-corrected chi connectivity index (χ3v) is 5.26. The highest BCUT2D eigenvalue weighted by Gasteiger charge is 2.14. The molecule has 0 spiro atoms. The zero-order valence-electron chi connectivity index (χ0n) is 18.4. The van der Waals surface area contributed by atoms with Gasteiger partial charge in [0.1, 0.15) is 0 Å². The average Bonchev–Trinajstić information content (AvgIpc) is 2.81. The molecule has 0 saturated carbocycles. The number of nitrogens with two attached hydrogens (primary N) is 2. The van der Waals surface area contributed by atoms with Crippen molar-refractivity contribution in [2.75, 3.05) is 31.9 Å². The van der Waals surface area contributed by atoms with Crippen molar-refractivity contribution in [3.8, 4) is 22.6 Å². The van der Waals surface area contributed by atoms with Crippen LogP contribution in [-0.4, -0.2) is 31.8 Å². The number of carbonyl (C=O) groups excluding carboxylic acids is 1. The molecule has 0 saturated heterocycles. The van der Waals surface area contributed by atoms with Crippen LogP contribution in [0.25, 0.3) is 11.1 Å². The lowest BCUT2D eigenvalue weighted by Crippen LogP contribution is -2.13. The number of primary amides is 1. The number of rotatable bonds is 10. The molecular weight excluding hydrogens is 406 g/mol. The largest absolute Gasteiger partial charge is 0.493 e. The number of nitrogens with one attached hydrogen (secondary N) is 1. The van der Waals surface area contributed by atoms with Crippen LogP contribution in [0.2, 0.25) is 0 Å². The molecule has 0 aliphatic heterocycles. The number of hydrogen-bond donors (Lipinski definition) is 4. The minimum atomic E-state index is -0.514. The first kappa shape index (κ1) is 23.0. The van der Waals surface area contributed by atoms with Gasteiger partial charge >= 0.3 is 0 Å². The number of ether oxygens (including phenoxy) is 2. The summed E-state index contributed by atoms with van der Waals surface area (Å²) in [6, 6.07) is 16.8. The number of aliphatic hydroxyl groups is 1. The molecular formula is C25H29N3O4. The smallest absolute Gasteiger partial charge is 0.249 e. The van der Waals surface area contributed by atoms with Crippen LogP contribution in [-0.2, 0) is 13.0 Å². The molecule has 3 aromatic rings. The molecule has 0 atom stereocenters. The quantitative estimate of drug-likeness (QED) is 0.361. The number of aliphatic hydroxyl groups excluding tert-OH is 1. The minimum Gasteiger partial charge on any atom is -0.493 e. The Labute approximate surface area is 188 Å². The van der Waals surface area contributed by atoms with Gasteiger partial charge in [0, 0.05) is 41.7 Å². The van der Waals surface area contributed by atoms with E-state index in [1.165, 1.54) is 0 Å². The molecule has 0 bridgehead atoms. The van der Waals surface area contributed by atoms with Gasteiger partial charge in [-0.2, -0.15) is 0 Å². The van der Waals surface area contributed by atoms with E-state index in [0.29, 0.717) is 41.3 Å². The lowest BCUT2D eigenvalue weighted by atomic mass is 9.93. The van der Waals surface area contributed by atoms with Crippen LogP contribution in [0.5, 0.6) is 11.5 Å². The predicted molar refractivity (Wildman–Crippen MR) is 127 cm³/mol. The average molecular weight is 436 g/mol. The second kappa shape index (κ2) is 10.5. The summed E-state index contributed by atoms with van der Waals surface area (Å²) in [6.07, 6.45) is 1.37. The van der Waals surface area contributed by atoms with Gasteiger partial charge in [0.15, 0.2) is 11.5 Å². The fourth-order valence-corrected chi connectivity index (χ4v) is 3.56. The molecule has 0 heterocycles. The van der Waals surface area contributed by atoms with Crippen LogP contribution < -0.4 is 26.3 Å². The third-order valence-electron chi connectivity index (χ3n) is 5.26. The van der Waals surface area contributed by atoms with Gasteiger partial charge in [0.25, 0.3) is 0 Å². The summed E-state index contributed by atoms with van der Waals surface area (Å²) in [5.41, 5.74) is 17.2. The van der Waals surface area contributed by atoms with Gasteiger partial charge in [-0.1, -0.05) is 12.1 Å². The fourth-order valence-electron chi connectivity index (χ4n) is 3.56. The Kier molecular flexibility index (Phi) is 7.57. The van der Waals surface area contributed by atoms with Crippen LogP contribution in [0.1, 0.15) is 27.9 Å². The molecule has 7 nitrogen and oxygen atoms in total. The Balaban J connectivity index is 1.91. The van der Waals surface area contributed by atoms with Gasteiger partial charge in [-0.25, -0.2) is 0 Å². The molecule has 0 aliphatic rings. The van der Waals surface area contributed by atoms with Gasteiger partial charge in [-0.15, -0.1) is 0 Å².